The van der Waals surface area contributed by atoms with E-state index in [0.717, 1.165) is 55.5 Å². The van der Waals surface area contributed by atoms with Gasteiger partial charge >= 0.3 is 5.97 Å². The summed E-state index contributed by atoms with van der Waals surface area (Å²) in [6.45, 7) is 4.41. The van der Waals surface area contributed by atoms with Gasteiger partial charge in [-0.3, -0.25) is 4.79 Å². The molecular weight excluding hydrogens is 390 g/mol. The topological polar surface area (TPSA) is 66.8 Å². The highest BCUT2D eigenvalue weighted by Gasteiger charge is 2.55. The first kappa shape index (κ1) is 20.3. The smallest absolute Gasteiger partial charge is 0.335 e. The number of carbonyl (C=O) groups excluding carboxylic acids is 1. The van der Waals surface area contributed by atoms with Crippen LogP contribution in [0.2, 0.25) is 0 Å². The fraction of sp³-hybridized carbons (Fsp3) is 0.462. The molecule has 2 aromatic carbocycles. The van der Waals surface area contributed by atoms with Crippen LogP contribution in [0, 0.1) is 12.3 Å². The van der Waals surface area contributed by atoms with Crippen molar-refractivity contribution in [3.8, 4) is 11.1 Å². The van der Waals surface area contributed by atoms with Gasteiger partial charge in [0.05, 0.1) is 5.56 Å². The molecule has 2 atom stereocenters. The van der Waals surface area contributed by atoms with Gasteiger partial charge < -0.3 is 14.7 Å². The summed E-state index contributed by atoms with van der Waals surface area (Å²) < 4.78 is 5.58. The van der Waals surface area contributed by atoms with Crippen LogP contribution in [-0.2, 0) is 9.53 Å². The Hall–Kier alpha value is -2.66. The highest BCUT2D eigenvalue weighted by atomic mass is 16.5. The first-order chi connectivity index (χ1) is 15.0. The summed E-state index contributed by atoms with van der Waals surface area (Å²) in [5.41, 5.74) is 5.11. The lowest BCUT2D eigenvalue weighted by Gasteiger charge is -2.34. The monoisotopic (exact) mass is 419 g/mol. The average molecular weight is 420 g/mol. The number of likely N-dealkylation sites (tertiary alicyclic amines) is 1. The van der Waals surface area contributed by atoms with Crippen molar-refractivity contribution < 1.29 is 19.4 Å². The van der Waals surface area contributed by atoms with Gasteiger partial charge in [0.15, 0.2) is 0 Å². The quantitative estimate of drug-likeness (QED) is 0.784. The van der Waals surface area contributed by atoms with E-state index in [2.05, 4.69) is 24.3 Å². The number of nitrogens with zero attached hydrogens (tertiary/aromatic N) is 1. The summed E-state index contributed by atoms with van der Waals surface area (Å²) in [7, 11) is 0. The molecule has 5 heteroatoms. The Labute approximate surface area is 183 Å². The number of rotatable bonds is 4. The molecule has 0 radical (unpaired) electrons. The second-order valence-corrected chi connectivity index (χ2v) is 9.40. The third kappa shape index (κ3) is 3.76. The molecule has 5 rings (SSSR count). The van der Waals surface area contributed by atoms with Crippen molar-refractivity contribution in [3.63, 3.8) is 0 Å². The average Bonchev–Trinajstić information content (AvgIpc) is 3.21. The van der Waals surface area contributed by atoms with E-state index in [9.17, 15) is 14.7 Å². The molecule has 2 heterocycles. The second kappa shape index (κ2) is 7.79. The molecule has 1 amide bonds. The number of benzene rings is 2. The predicted octanol–water partition coefficient (Wildman–Crippen LogP) is 4.64. The Morgan fingerprint density at radius 3 is 2.48 bits per heavy atom. The van der Waals surface area contributed by atoms with Crippen molar-refractivity contribution in [1.82, 2.24) is 4.90 Å². The summed E-state index contributed by atoms with van der Waals surface area (Å²) in [5, 5.41) is 9.30. The van der Waals surface area contributed by atoms with Crippen LogP contribution in [0.4, 0.5) is 0 Å². The largest absolute Gasteiger partial charge is 0.478 e. The number of carboxylic acids is 1. The number of carboxylic acid groups (broad SMARTS) is 1. The van der Waals surface area contributed by atoms with E-state index >= 15 is 0 Å². The zero-order valence-electron chi connectivity index (χ0n) is 18.0. The maximum atomic E-state index is 12.6. The van der Waals surface area contributed by atoms with E-state index in [0.29, 0.717) is 23.5 Å². The molecule has 0 aromatic heterocycles. The van der Waals surface area contributed by atoms with Crippen LogP contribution in [0.15, 0.2) is 42.5 Å². The van der Waals surface area contributed by atoms with Crippen molar-refractivity contribution in [2.45, 2.75) is 51.0 Å². The molecule has 1 saturated carbocycles. The molecule has 5 nitrogen and oxygen atoms in total. The lowest BCUT2D eigenvalue weighted by molar-refractivity contribution is -0.142. The Morgan fingerprint density at radius 2 is 1.84 bits per heavy atom. The van der Waals surface area contributed by atoms with Gasteiger partial charge in [0.25, 0.3) is 5.91 Å². The third-order valence-corrected chi connectivity index (χ3v) is 7.57. The highest BCUT2D eigenvalue weighted by molar-refractivity contribution is 5.90. The van der Waals surface area contributed by atoms with E-state index in [1.54, 1.807) is 12.1 Å². The van der Waals surface area contributed by atoms with Crippen molar-refractivity contribution >= 4 is 11.9 Å². The van der Waals surface area contributed by atoms with Crippen LogP contribution in [0.3, 0.4) is 0 Å². The van der Waals surface area contributed by atoms with Crippen molar-refractivity contribution in [2.75, 3.05) is 19.7 Å². The number of carbonyl (C=O) groups is 2. The maximum Gasteiger partial charge on any atom is 0.335 e. The summed E-state index contributed by atoms with van der Waals surface area (Å²) in [6.07, 6.45) is 4.98. The SMILES string of the molecule is Cc1ccc(C(=O)O)cc1-c1ccc(C2CC23CCN(C(=O)[C@H]2CCCO2)CC3)cc1. The minimum atomic E-state index is -0.901. The van der Waals surface area contributed by atoms with Crippen LogP contribution in [0.5, 0.6) is 0 Å². The Kier molecular flexibility index (Phi) is 5.09. The van der Waals surface area contributed by atoms with E-state index in [1.165, 1.54) is 12.0 Å². The molecule has 31 heavy (non-hydrogen) atoms. The fourth-order valence-electron chi connectivity index (χ4n) is 5.48. The summed E-state index contributed by atoms with van der Waals surface area (Å²) in [6, 6.07) is 13.9. The van der Waals surface area contributed by atoms with Crippen molar-refractivity contribution in [3.05, 3.63) is 59.2 Å². The third-order valence-electron chi connectivity index (χ3n) is 7.57. The van der Waals surface area contributed by atoms with Crippen LogP contribution in [0.1, 0.15) is 59.5 Å². The number of aromatic carboxylic acids is 1. The summed E-state index contributed by atoms with van der Waals surface area (Å²) in [4.78, 5) is 26.0. The number of amides is 1. The Morgan fingerprint density at radius 1 is 1.10 bits per heavy atom. The molecular formula is C26H29NO4. The van der Waals surface area contributed by atoms with Gasteiger partial charge in [-0.15, -0.1) is 0 Å². The molecule has 1 aliphatic carbocycles. The number of ether oxygens (including phenoxy) is 1. The number of hydrogen-bond donors (Lipinski definition) is 1. The molecule has 1 N–H and O–H groups in total. The normalized spacial score (nSPS) is 24.4. The molecule has 2 aromatic rings. The van der Waals surface area contributed by atoms with Crippen molar-refractivity contribution in [2.24, 2.45) is 5.41 Å². The van der Waals surface area contributed by atoms with Crippen molar-refractivity contribution in [1.29, 1.82) is 0 Å². The van der Waals surface area contributed by atoms with Gasteiger partial charge in [0, 0.05) is 19.7 Å². The lowest BCUT2D eigenvalue weighted by Crippen LogP contribution is -2.44. The minimum Gasteiger partial charge on any atom is -0.478 e. The number of hydrogen-bond acceptors (Lipinski definition) is 3. The predicted molar refractivity (Wildman–Crippen MR) is 118 cm³/mol. The fourth-order valence-corrected chi connectivity index (χ4v) is 5.48. The van der Waals surface area contributed by atoms with Gasteiger partial charge in [-0.05, 0) is 84.7 Å². The molecule has 2 aliphatic heterocycles. The lowest BCUT2D eigenvalue weighted by atomic mass is 9.88. The molecule has 0 bridgehead atoms. The van der Waals surface area contributed by atoms with Gasteiger partial charge in [0.1, 0.15) is 6.10 Å². The zero-order chi connectivity index (χ0) is 21.6. The standard InChI is InChI=1S/C26H29NO4/c1-17-4-5-20(25(29)30)15-21(17)18-6-8-19(9-7-18)22-16-26(22)10-12-27(13-11-26)24(28)23-3-2-14-31-23/h4-9,15,22-23H,2-3,10-14,16H2,1H3,(H,29,30)/t22?,23-/m1/s1. The molecule has 1 spiro atoms. The first-order valence-electron chi connectivity index (χ1n) is 11.3. The zero-order valence-corrected chi connectivity index (χ0v) is 18.0. The van der Waals surface area contributed by atoms with Crippen LogP contribution in [0.25, 0.3) is 11.1 Å². The second-order valence-electron chi connectivity index (χ2n) is 9.40. The molecule has 1 unspecified atom stereocenters. The van der Waals surface area contributed by atoms with Gasteiger partial charge in [0.2, 0.25) is 0 Å². The van der Waals surface area contributed by atoms with E-state index in [1.807, 2.05) is 17.9 Å². The molecule has 3 aliphatic rings. The summed E-state index contributed by atoms with van der Waals surface area (Å²) >= 11 is 0. The van der Waals surface area contributed by atoms with E-state index in [-0.39, 0.29) is 12.0 Å². The highest BCUT2D eigenvalue weighted by Crippen LogP contribution is 2.65. The Balaban J connectivity index is 1.25. The van der Waals surface area contributed by atoms with Gasteiger partial charge in [-0.25, -0.2) is 4.79 Å². The number of piperidine rings is 1. The Bertz CT molecular complexity index is 999. The minimum absolute atomic E-state index is 0.188. The van der Waals surface area contributed by atoms with E-state index < -0.39 is 5.97 Å². The number of aryl methyl sites for hydroxylation is 1. The van der Waals surface area contributed by atoms with Crippen LogP contribution in [-0.4, -0.2) is 47.7 Å². The van der Waals surface area contributed by atoms with E-state index in [4.69, 9.17) is 4.74 Å². The molecule has 2 saturated heterocycles. The molecule has 3 fully saturated rings. The first-order valence-corrected chi connectivity index (χ1v) is 11.3. The van der Waals surface area contributed by atoms with Gasteiger partial charge in [-0.2, -0.15) is 0 Å². The summed E-state index contributed by atoms with van der Waals surface area (Å²) in [5.74, 6) is -0.150. The maximum absolute atomic E-state index is 12.6. The van der Waals surface area contributed by atoms with Crippen LogP contribution < -0.4 is 0 Å². The van der Waals surface area contributed by atoms with Gasteiger partial charge in [-0.1, -0.05) is 30.3 Å². The molecule has 162 valence electrons. The van der Waals surface area contributed by atoms with Crippen LogP contribution >= 0.6 is 0 Å².